The number of ether oxygens (including phenoxy) is 2. The number of nitrogens with one attached hydrogen (secondary N) is 1. The van der Waals surface area contributed by atoms with Crippen LogP contribution in [0.15, 0.2) is 36.4 Å². The minimum Gasteiger partial charge on any atom is -0.497 e. The molecule has 6 heteroatoms. The van der Waals surface area contributed by atoms with E-state index in [9.17, 15) is 10.1 Å². The van der Waals surface area contributed by atoms with Crippen LogP contribution in [0.2, 0.25) is 0 Å². The van der Waals surface area contributed by atoms with Gasteiger partial charge in [0.05, 0.1) is 30.5 Å². The number of rotatable bonds is 6. The third kappa shape index (κ3) is 3.90. The van der Waals surface area contributed by atoms with Gasteiger partial charge >= 0.3 is 6.09 Å². The first-order valence-corrected chi connectivity index (χ1v) is 9.69. The fourth-order valence-corrected chi connectivity index (χ4v) is 3.49. The zero-order valence-electron chi connectivity index (χ0n) is 17.2. The number of carbonyl (C=O) groups is 1. The van der Waals surface area contributed by atoms with Gasteiger partial charge in [0.1, 0.15) is 11.8 Å². The normalized spacial score (nSPS) is 10.6. The fraction of sp³-hybridized carbons (Fsp3) is 0.304. The molecule has 1 aromatic heterocycles. The number of fused-ring (bicyclic) bond motifs is 1. The molecule has 3 rings (SSSR count). The molecule has 0 saturated carbocycles. The number of hydrogen-bond donors (Lipinski definition) is 1. The second kappa shape index (κ2) is 8.70. The Balaban J connectivity index is 2.07. The van der Waals surface area contributed by atoms with E-state index in [-0.39, 0.29) is 0 Å². The highest BCUT2D eigenvalue weighted by Gasteiger charge is 2.19. The summed E-state index contributed by atoms with van der Waals surface area (Å²) in [6.07, 6.45) is 0.310. The summed E-state index contributed by atoms with van der Waals surface area (Å²) in [6, 6.07) is 13.9. The van der Waals surface area contributed by atoms with Gasteiger partial charge in [-0.1, -0.05) is 13.0 Å². The topological polar surface area (TPSA) is 76.3 Å². The van der Waals surface area contributed by atoms with Crippen molar-refractivity contribution in [2.24, 2.45) is 0 Å². The molecule has 0 fully saturated rings. The number of benzene rings is 2. The van der Waals surface area contributed by atoms with Crippen LogP contribution >= 0.6 is 0 Å². The molecule has 1 amide bonds. The van der Waals surface area contributed by atoms with Crippen molar-refractivity contribution >= 4 is 22.7 Å². The Morgan fingerprint density at radius 3 is 2.62 bits per heavy atom. The van der Waals surface area contributed by atoms with Crippen molar-refractivity contribution in [2.45, 2.75) is 33.7 Å². The van der Waals surface area contributed by atoms with Gasteiger partial charge in [-0.2, -0.15) is 5.26 Å². The molecule has 0 aliphatic heterocycles. The number of hydrogen-bond acceptors (Lipinski definition) is 4. The number of methoxy groups -OCH3 is 1. The Bertz CT molecular complexity index is 1090. The van der Waals surface area contributed by atoms with Crippen molar-refractivity contribution in [1.82, 2.24) is 4.57 Å². The van der Waals surface area contributed by atoms with Crippen molar-refractivity contribution < 1.29 is 14.3 Å². The van der Waals surface area contributed by atoms with Crippen LogP contribution in [0.1, 0.15) is 31.4 Å². The van der Waals surface area contributed by atoms with Crippen LogP contribution in [0.3, 0.4) is 0 Å². The molecule has 0 spiro atoms. The summed E-state index contributed by atoms with van der Waals surface area (Å²) in [6.45, 7) is 7.02. The first-order valence-electron chi connectivity index (χ1n) is 9.69. The second-order valence-corrected chi connectivity index (χ2v) is 6.75. The standard InChI is InChI=1S/C23H25N3O3/c1-5-11-29-23(27)25-20-10-7-16(12-15(20)3)22-19(14-24)18-9-8-17(28-4)13-21(18)26(22)6-2/h7-10,12-13H,5-6,11H2,1-4H3,(H,25,27). The van der Waals surface area contributed by atoms with E-state index in [2.05, 4.69) is 22.9 Å². The van der Waals surface area contributed by atoms with Crippen LogP contribution in [-0.2, 0) is 11.3 Å². The first-order chi connectivity index (χ1) is 14.0. The molecule has 3 aromatic rings. The predicted molar refractivity (Wildman–Crippen MR) is 114 cm³/mol. The van der Waals surface area contributed by atoms with Gasteiger partial charge in [-0.25, -0.2) is 4.79 Å². The van der Waals surface area contributed by atoms with Crippen LogP contribution in [0.4, 0.5) is 10.5 Å². The molecule has 1 N–H and O–H groups in total. The quantitative estimate of drug-likeness (QED) is 0.604. The predicted octanol–water partition coefficient (Wildman–Crippen LogP) is 5.48. The Morgan fingerprint density at radius 1 is 1.21 bits per heavy atom. The lowest BCUT2D eigenvalue weighted by molar-refractivity contribution is 0.161. The third-order valence-corrected chi connectivity index (χ3v) is 4.87. The number of aromatic nitrogens is 1. The van der Waals surface area contributed by atoms with E-state index < -0.39 is 6.09 Å². The van der Waals surface area contributed by atoms with E-state index in [0.717, 1.165) is 39.9 Å². The molecular formula is C23H25N3O3. The lowest BCUT2D eigenvalue weighted by atomic mass is 10.0. The van der Waals surface area contributed by atoms with Gasteiger partial charge in [0.25, 0.3) is 0 Å². The Morgan fingerprint density at radius 2 is 2.00 bits per heavy atom. The average Bonchev–Trinajstić information content (AvgIpc) is 3.06. The summed E-state index contributed by atoms with van der Waals surface area (Å²) in [4.78, 5) is 11.9. The van der Waals surface area contributed by atoms with Crippen LogP contribution in [0.5, 0.6) is 5.75 Å². The van der Waals surface area contributed by atoms with Crippen molar-refractivity contribution in [1.29, 1.82) is 5.26 Å². The summed E-state index contributed by atoms with van der Waals surface area (Å²) >= 11 is 0. The third-order valence-electron chi connectivity index (χ3n) is 4.87. The highest BCUT2D eigenvalue weighted by molar-refractivity contribution is 5.96. The zero-order chi connectivity index (χ0) is 21.0. The van der Waals surface area contributed by atoms with Crippen LogP contribution < -0.4 is 10.1 Å². The minimum atomic E-state index is -0.463. The Hall–Kier alpha value is -3.46. The van der Waals surface area contributed by atoms with Crippen LogP contribution in [-0.4, -0.2) is 24.4 Å². The first kappa shape index (κ1) is 20.3. The van der Waals surface area contributed by atoms with Crippen molar-refractivity contribution in [3.05, 3.63) is 47.5 Å². The molecule has 150 valence electrons. The second-order valence-electron chi connectivity index (χ2n) is 6.75. The number of amides is 1. The molecule has 0 aliphatic rings. The van der Waals surface area contributed by atoms with E-state index in [4.69, 9.17) is 9.47 Å². The van der Waals surface area contributed by atoms with Crippen molar-refractivity contribution in [3.63, 3.8) is 0 Å². The SMILES string of the molecule is CCCOC(=O)Nc1ccc(-c2c(C#N)c3ccc(OC)cc3n2CC)cc1C. The van der Waals surface area contributed by atoms with Crippen molar-refractivity contribution in [3.8, 4) is 23.1 Å². The summed E-state index contributed by atoms with van der Waals surface area (Å²) in [5, 5.41) is 13.5. The summed E-state index contributed by atoms with van der Waals surface area (Å²) in [5.74, 6) is 0.752. The molecule has 0 atom stereocenters. The van der Waals surface area contributed by atoms with E-state index in [0.29, 0.717) is 24.4 Å². The largest absolute Gasteiger partial charge is 0.497 e. The van der Waals surface area contributed by atoms with Gasteiger partial charge in [-0.3, -0.25) is 5.32 Å². The van der Waals surface area contributed by atoms with Crippen molar-refractivity contribution in [2.75, 3.05) is 19.0 Å². The molecule has 1 heterocycles. The number of nitrogens with zero attached hydrogens (tertiary/aromatic N) is 2. The number of carbonyl (C=O) groups excluding carboxylic acids is 1. The summed E-state index contributed by atoms with van der Waals surface area (Å²) in [5.41, 5.74) is 4.96. The molecular weight excluding hydrogens is 366 g/mol. The Kier molecular flexibility index (Phi) is 6.08. The van der Waals surface area contributed by atoms with Gasteiger partial charge in [-0.15, -0.1) is 0 Å². The van der Waals surface area contributed by atoms with Gasteiger partial charge in [0.2, 0.25) is 0 Å². The van der Waals surface area contributed by atoms with E-state index >= 15 is 0 Å². The van der Waals surface area contributed by atoms with E-state index in [1.807, 2.05) is 50.2 Å². The maximum absolute atomic E-state index is 11.9. The van der Waals surface area contributed by atoms with E-state index in [1.165, 1.54) is 0 Å². The molecule has 0 aliphatic carbocycles. The fourth-order valence-electron chi connectivity index (χ4n) is 3.49. The maximum atomic E-state index is 11.9. The van der Waals surface area contributed by atoms with Crippen LogP contribution in [0, 0.1) is 18.3 Å². The highest BCUT2D eigenvalue weighted by atomic mass is 16.5. The molecule has 6 nitrogen and oxygen atoms in total. The smallest absolute Gasteiger partial charge is 0.411 e. The van der Waals surface area contributed by atoms with Crippen LogP contribution in [0.25, 0.3) is 22.2 Å². The number of nitriles is 1. The minimum absolute atomic E-state index is 0.383. The summed E-state index contributed by atoms with van der Waals surface area (Å²) in [7, 11) is 1.63. The van der Waals surface area contributed by atoms with Gasteiger partial charge in [-0.05, 0) is 55.7 Å². The highest BCUT2D eigenvalue weighted by Crippen LogP contribution is 2.36. The van der Waals surface area contributed by atoms with Gasteiger partial charge in [0.15, 0.2) is 0 Å². The van der Waals surface area contributed by atoms with Gasteiger partial charge in [0, 0.05) is 23.7 Å². The molecule has 0 bridgehead atoms. The molecule has 0 radical (unpaired) electrons. The maximum Gasteiger partial charge on any atom is 0.411 e. The lowest BCUT2D eigenvalue weighted by Gasteiger charge is -2.13. The average molecular weight is 391 g/mol. The van der Waals surface area contributed by atoms with E-state index in [1.54, 1.807) is 7.11 Å². The molecule has 0 unspecified atom stereocenters. The molecule has 0 saturated heterocycles. The number of aryl methyl sites for hydroxylation is 2. The number of anilines is 1. The Labute approximate surface area is 170 Å². The lowest BCUT2D eigenvalue weighted by Crippen LogP contribution is -2.14. The molecule has 2 aromatic carbocycles. The zero-order valence-corrected chi connectivity index (χ0v) is 17.2. The summed E-state index contributed by atoms with van der Waals surface area (Å²) < 4.78 is 12.6. The molecule has 29 heavy (non-hydrogen) atoms. The monoisotopic (exact) mass is 391 g/mol. The van der Waals surface area contributed by atoms with Gasteiger partial charge < -0.3 is 14.0 Å².